The molecule has 0 aromatic heterocycles. The highest BCUT2D eigenvalue weighted by Crippen LogP contribution is 2.19. The summed E-state index contributed by atoms with van der Waals surface area (Å²) in [6.07, 6.45) is 2.16. The quantitative estimate of drug-likeness (QED) is 0.757. The molecule has 5 heteroatoms. The highest BCUT2D eigenvalue weighted by Gasteiger charge is 2.35. The van der Waals surface area contributed by atoms with Gasteiger partial charge in [-0.1, -0.05) is 6.92 Å². The number of carbonyl (C=O) groups is 1. The van der Waals surface area contributed by atoms with Crippen molar-refractivity contribution >= 4 is 5.91 Å². The first-order chi connectivity index (χ1) is 9.77. The molecule has 5 nitrogen and oxygen atoms in total. The van der Waals surface area contributed by atoms with Crippen LogP contribution < -0.4 is 5.32 Å². The topological polar surface area (TPSA) is 38.8 Å². The van der Waals surface area contributed by atoms with Gasteiger partial charge >= 0.3 is 0 Å². The number of hydrogen-bond donors (Lipinski definition) is 1. The van der Waals surface area contributed by atoms with Crippen LogP contribution in [0.3, 0.4) is 0 Å². The van der Waals surface area contributed by atoms with Crippen LogP contribution in [0.25, 0.3) is 0 Å². The number of rotatable bonds is 7. The molecular weight excluding hydrogens is 264 g/mol. The van der Waals surface area contributed by atoms with E-state index in [0.717, 1.165) is 45.6 Å². The molecule has 0 bridgehead atoms. The van der Waals surface area contributed by atoms with E-state index in [1.165, 1.54) is 0 Å². The second-order valence-corrected chi connectivity index (χ2v) is 6.99. The molecule has 1 aliphatic heterocycles. The number of piperidine rings is 1. The molecule has 0 radical (unpaired) electrons. The first-order valence-corrected chi connectivity index (χ1v) is 8.17. The molecule has 0 aromatic rings. The number of nitrogens with one attached hydrogen (secondary N) is 1. The van der Waals surface area contributed by atoms with E-state index in [-0.39, 0.29) is 5.91 Å². The summed E-state index contributed by atoms with van der Waals surface area (Å²) in [5, 5.41) is 3.32. The Kier molecular flexibility index (Phi) is 7.10. The van der Waals surface area contributed by atoms with Crippen LogP contribution in [0.1, 0.15) is 33.6 Å². The monoisotopic (exact) mass is 298 g/mol. The van der Waals surface area contributed by atoms with Gasteiger partial charge in [0.1, 0.15) is 0 Å². The van der Waals surface area contributed by atoms with Crippen molar-refractivity contribution in [2.75, 3.05) is 53.9 Å². The maximum Gasteiger partial charge on any atom is 0.242 e. The number of nitrogens with zero attached hydrogens (tertiary/aromatic N) is 3. The first-order valence-electron chi connectivity index (χ1n) is 8.17. The zero-order valence-corrected chi connectivity index (χ0v) is 14.8. The van der Waals surface area contributed by atoms with Crippen molar-refractivity contribution in [2.24, 2.45) is 0 Å². The summed E-state index contributed by atoms with van der Waals surface area (Å²) in [6.45, 7) is 10.8. The second-order valence-electron chi connectivity index (χ2n) is 6.99. The Labute approximate surface area is 130 Å². The maximum absolute atomic E-state index is 13.0. The minimum atomic E-state index is -0.482. The van der Waals surface area contributed by atoms with Crippen molar-refractivity contribution in [3.63, 3.8) is 0 Å². The SMILES string of the molecule is CCNC(C)(C)C(=O)N(CCN(C)C)C1CCN(C)CC1. The normalized spacial score (nSPS) is 18.2. The van der Waals surface area contributed by atoms with Crippen LogP contribution >= 0.6 is 0 Å². The van der Waals surface area contributed by atoms with E-state index in [1.807, 2.05) is 13.8 Å². The van der Waals surface area contributed by atoms with Crippen molar-refractivity contribution in [3.05, 3.63) is 0 Å². The molecule has 0 aromatic carbocycles. The number of hydrogen-bond acceptors (Lipinski definition) is 4. The molecule has 1 N–H and O–H groups in total. The van der Waals surface area contributed by atoms with Gasteiger partial charge in [0.05, 0.1) is 5.54 Å². The summed E-state index contributed by atoms with van der Waals surface area (Å²) in [4.78, 5) is 19.6. The van der Waals surface area contributed by atoms with Crippen molar-refractivity contribution in [1.29, 1.82) is 0 Å². The third kappa shape index (κ3) is 5.57. The Hall–Kier alpha value is -0.650. The second kappa shape index (κ2) is 8.11. The molecule has 1 fully saturated rings. The average Bonchev–Trinajstić information content (AvgIpc) is 2.40. The van der Waals surface area contributed by atoms with Gasteiger partial charge in [-0.2, -0.15) is 0 Å². The number of likely N-dealkylation sites (N-methyl/N-ethyl adjacent to an activating group) is 2. The van der Waals surface area contributed by atoms with E-state index >= 15 is 0 Å². The molecule has 1 amide bonds. The first kappa shape index (κ1) is 18.4. The van der Waals surface area contributed by atoms with E-state index in [0.29, 0.717) is 6.04 Å². The van der Waals surface area contributed by atoms with Gasteiger partial charge in [-0.15, -0.1) is 0 Å². The van der Waals surface area contributed by atoms with Gasteiger partial charge in [-0.3, -0.25) is 4.79 Å². The molecule has 21 heavy (non-hydrogen) atoms. The number of likely N-dealkylation sites (tertiary alicyclic amines) is 1. The lowest BCUT2D eigenvalue weighted by atomic mass is 9.98. The van der Waals surface area contributed by atoms with Crippen molar-refractivity contribution in [1.82, 2.24) is 20.0 Å². The smallest absolute Gasteiger partial charge is 0.242 e. The molecule has 1 rings (SSSR count). The van der Waals surface area contributed by atoms with E-state index < -0.39 is 5.54 Å². The molecular formula is C16H34N4O. The Bertz CT molecular complexity index is 322. The van der Waals surface area contributed by atoms with Gasteiger partial charge < -0.3 is 20.0 Å². The van der Waals surface area contributed by atoms with Crippen LogP contribution in [-0.4, -0.2) is 86.1 Å². The van der Waals surface area contributed by atoms with E-state index in [1.54, 1.807) is 0 Å². The lowest BCUT2D eigenvalue weighted by Crippen LogP contribution is -2.59. The molecule has 1 saturated heterocycles. The molecule has 0 aliphatic carbocycles. The molecule has 1 aliphatic rings. The Morgan fingerprint density at radius 3 is 2.29 bits per heavy atom. The summed E-state index contributed by atoms with van der Waals surface area (Å²) in [5.41, 5.74) is -0.482. The summed E-state index contributed by atoms with van der Waals surface area (Å²) in [6, 6.07) is 0.381. The van der Waals surface area contributed by atoms with Crippen molar-refractivity contribution in [2.45, 2.75) is 45.2 Å². The van der Waals surface area contributed by atoms with Crippen molar-refractivity contribution < 1.29 is 4.79 Å². The third-order valence-electron chi connectivity index (χ3n) is 4.33. The average molecular weight is 298 g/mol. The predicted octanol–water partition coefficient (Wildman–Crippen LogP) is 0.859. The van der Waals surface area contributed by atoms with Crippen LogP contribution in [0.5, 0.6) is 0 Å². The van der Waals surface area contributed by atoms with Crippen LogP contribution in [0, 0.1) is 0 Å². The van der Waals surface area contributed by atoms with Crippen LogP contribution in [0.15, 0.2) is 0 Å². The van der Waals surface area contributed by atoms with E-state index in [4.69, 9.17) is 0 Å². The Morgan fingerprint density at radius 2 is 1.81 bits per heavy atom. The minimum absolute atomic E-state index is 0.237. The van der Waals surface area contributed by atoms with E-state index in [9.17, 15) is 4.79 Å². The van der Waals surface area contributed by atoms with Gasteiger partial charge in [0, 0.05) is 19.1 Å². The molecule has 0 spiro atoms. The van der Waals surface area contributed by atoms with Gasteiger partial charge in [-0.05, 0) is 67.5 Å². The highest BCUT2D eigenvalue weighted by atomic mass is 16.2. The van der Waals surface area contributed by atoms with Crippen LogP contribution in [-0.2, 0) is 4.79 Å². The minimum Gasteiger partial charge on any atom is -0.337 e. The fourth-order valence-corrected chi connectivity index (χ4v) is 2.94. The predicted molar refractivity (Wildman–Crippen MR) is 88.5 cm³/mol. The fourth-order valence-electron chi connectivity index (χ4n) is 2.94. The largest absolute Gasteiger partial charge is 0.337 e. The summed E-state index contributed by atoms with van der Waals surface area (Å²) in [5.74, 6) is 0.237. The molecule has 1 heterocycles. The number of carbonyl (C=O) groups excluding carboxylic acids is 1. The highest BCUT2D eigenvalue weighted by molar-refractivity contribution is 5.85. The van der Waals surface area contributed by atoms with Gasteiger partial charge in [0.15, 0.2) is 0 Å². The molecule has 0 unspecified atom stereocenters. The zero-order chi connectivity index (χ0) is 16.0. The lowest BCUT2D eigenvalue weighted by Gasteiger charge is -2.41. The molecule has 124 valence electrons. The maximum atomic E-state index is 13.0. The third-order valence-corrected chi connectivity index (χ3v) is 4.33. The number of amides is 1. The van der Waals surface area contributed by atoms with Gasteiger partial charge in [-0.25, -0.2) is 0 Å². The van der Waals surface area contributed by atoms with Gasteiger partial charge in [0.25, 0.3) is 0 Å². The Balaban J connectivity index is 2.78. The summed E-state index contributed by atoms with van der Waals surface area (Å²) < 4.78 is 0. The molecule has 0 atom stereocenters. The fraction of sp³-hybridized carbons (Fsp3) is 0.938. The molecule has 0 saturated carbocycles. The zero-order valence-electron chi connectivity index (χ0n) is 14.8. The van der Waals surface area contributed by atoms with Crippen LogP contribution in [0.4, 0.5) is 0 Å². The van der Waals surface area contributed by atoms with Crippen LogP contribution in [0.2, 0.25) is 0 Å². The standard InChI is InChI=1S/C16H34N4O/c1-7-17-16(2,3)15(21)20(13-12-18(4)5)14-8-10-19(6)11-9-14/h14,17H,7-13H2,1-6H3. The van der Waals surface area contributed by atoms with E-state index in [2.05, 4.69) is 48.1 Å². The lowest BCUT2D eigenvalue weighted by molar-refractivity contribution is -0.140. The van der Waals surface area contributed by atoms with Gasteiger partial charge in [0.2, 0.25) is 5.91 Å². The summed E-state index contributed by atoms with van der Waals surface area (Å²) in [7, 11) is 6.28. The summed E-state index contributed by atoms with van der Waals surface area (Å²) >= 11 is 0. The van der Waals surface area contributed by atoms with Crippen molar-refractivity contribution in [3.8, 4) is 0 Å². The Morgan fingerprint density at radius 1 is 1.24 bits per heavy atom.